The van der Waals surface area contributed by atoms with Gasteiger partial charge in [0.25, 0.3) is 0 Å². The van der Waals surface area contributed by atoms with Crippen molar-refractivity contribution in [3.63, 3.8) is 0 Å². The lowest BCUT2D eigenvalue weighted by atomic mass is 10.0. The third-order valence-electron chi connectivity index (χ3n) is 3.44. The number of azo groups is 1. The number of allylic oxidation sites excluding steroid dienone is 2. The Morgan fingerprint density at radius 1 is 1.40 bits per heavy atom. The summed E-state index contributed by atoms with van der Waals surface area (Å²) in [6.07, 6.45) is 5.84. The van der Waals surface area contributed by atoms with Gasteiger partial charge in [-0.2, -0.15) is 18.6 Å². The van der Waals surface area contributed by atoms with Crippen LogP contribution in [-0.2, 0) is 21.0 Å². The van der Waals surface area contributed by atoms with Crippen molar-refractivity contribution in [2.75, 3.05) is 6.61 Å². The van der Waals surface area contributed by atoms with Crippen LogP contribution in [0.1, 0.15) is 25.3 Å². The molecule has 2 N–H and O–H groups in total. The Bertz CT molecular complexity index is 735. The summed E-state index contributed by atoms with van der Waals surface area (Å²) < 4.78 is 33.8. The number of hydrogen-bond donors (Lipinski definition) is 2. The first-order valence-electron chi connectivity index (χ1n) is 7.78. The number of nitrogens with zero attached hydrogens (tertiary/aromatic N) is 2. The van der Waals surface area contributed by atoms with Crippen molar-refractivity contribution in [1.29, 1.82) is 0 Å². The fraction of sp³-hybridized carbons (Fsp3) is 0.375. The molecule has 9 heteroatoms. The van der Waals surface area contributed by atoms with Crippen molar-refractivity contribution < 1.29 is 17.2 Å². The minimum absolute atomic E-state index is 0.0302. The van der Waals surface area contributed by atoms with Crippen molar-refractivity contribution in [3.8, 4) is 0 Å². The Hall–Kier alpha value is -1.68. The van der Waals surface area contributed by atoms with Gasteiger partial charge in [0.2, 0.25) is 0 Å². The molecule has 136 valence electrons. The predicted molar refractivity (Wildman–Crippen MR) is 98.8 cm³/mol. The lowest BCUT2D eigenvalue weighted by molar-refractivity contribution is 0.265. The molecule has 7 nitrogen and oxygen atoms in total. The molecular weight excluding hydrogens is 362 g/mol. The zero-order chi connectivity index (χ0) is 18.1. The summed E-state index contributed by atoms with van der Waals surface area (Å²) in [6.45, 7) is 1.92. The van der Waals surface area contributed by atoms with Gasteiger partial charge in [-0.3, -0.25) is 4.55 Å². The van der Waals surface area contributed by atoms with Crippen molar-refractivity contribution in [2.24, 2.45) is 10.2 Å². The molecule has 1 atom stereocenters. The fourth-order valence-corrected chi connectivity index (χ4v) is 3.09. The van der Waals surface area contributed by atoms with Gasteiger partial charge in [0.15, 0.2) is 5.50 Å². The van der Waals surface area contributed by atoms with Crippen LogP contribution in [0.3, 0.4) is 0 Å². The third kappa shape index (κ3) is 7.82. The molecule has 0 saturated carbocycles. The smallest absolute Gasteiger partial charge is 0.359 e. The Balaban J connectivity index is 1.80. The van der Waals surface area contributed by atoms with Crippen LogP contribution in [0.2, 0.25) is 0 Å². The van der Waals surface area contributed by atoms with E-state index < -0.39 is 10.4 Å². The van der Waals surface area contributed by atoms with Gasteiger partial charge in [0, 0.05) is 6.20 Å². The van der Waals surface area contributed by atoms with Gasteiger partial charge in [-0.25, -0.2) is 4.18 Å². The summed E-state index contributed by atoms with van der Waals surface area (Å²) in [6, 6.07) is 7.83. The lowest BCUT2D eigenvalue weighted by Crippen LogP contribution is -2.11. The summed E-state index contributed by atoms with van der Waals surface area (Å²) in [5.41, 5.74) is 3.05. The summed E-state index contributed by atoms with van der Waals surface area (Å²) in [5, 5.41) is 13.4. The molecule has 1 heterocycles. The van der Waals surface area contributed by atoms with Crippen LogP contribution in [-0.4, -0.2) is 25.1 Å². The zero-order valence-electron chi connectivity index (χ0n) is 13.8. The topological polar surface area (TPSA) is 100 Å². The van der Waals surface area contributed by atoms with E-state index in [-0.39, 0.29) is 12.1 Å². The predicted octanol–water partition coefficient (Wildman–Crippen LogP) is 3.95. The second-order valence-electron chi connectivity index (χ2n) is 5.32. The summed E-state index contributed by atoms with van der Waals surface area (Å²) in [7, 11) is -4.35. The van der Waals surface area contributed by atoms with Crippen LogP contribution in [0.5, 0.6) is 0 Å². The molecule has 1 unspecified atom stereocenters. The number of benzene rings is 1. The normalized spacial score (nSPS) is 18.0. The fourth-order valence-electron chi connectivity index (χ4n) is 2.20. The Labute approximate surface area is 152 Å². The monoisotopic (exact) mass is 383 g/mol. The van der Waals surface area contributed by atoms with E-state index in [2.05, 4.69) is 19.7 Å². The molecule has 1 aromatic carbocycles. The average Bonchev–Trinajstić information content (AvgIpc) is 3.09. The maximum atomic E-state index is 10.5. The average molecular weight is 383 g/mol. The third-order valence-corrected chi connectivity index (χ3v) is 4.69. The van der Waals surface area contributed by atoms with E-state index in [1.54, 1.807) is 11.8 Å². The second-order valence-corrected chi connectivity index (χ2v) is 7.40. The largest absolute Gasteiger partial charge is 0.397 e. The van der Waals surface area contributed by atoms with Crippen LogP contribution in [0.4, 0.5) is 5.69 Å². The van der Waals surface area contributed by atoms with Crippen LogP contribution < -0.4 is 5.32 Å². The quantitative estimate of drug-likeness (QED) is 0.290. The van der Waals surface area contributed by atoms with E-state index >= 15 is 0 Å². The lowest BCUT2D eigenvalue weighted by Gasteiger charge is -2.08. The number of thioether (sulfide) groups is 1. The van der Waals surface area contributed by atoms with Crippen molar-refractivity contribution in [1.82, 2.24) is 5.32 Å². The summed E-state index contributed by atoms with van der Waals surface area (Å²) in [5.74, 6) is 0. The van der Waals surface area contributed by atoms with Gasteiger partial charge in [0.05, 0.1) is 12.3 Å². The van der Waals surface area contributed by atoms with E-state index in [9.17, 15) is 8.42 Å². The molecule has 0 aliphatic carbocycles. The van der Waals surface area contributed by atoms with Crippen LogP contribution in [0.25, 0.3) is 0 Å². The van der Waals surface area contributed by atoms with E-state index in [4.69, 9.17) is 4.55 Å². The van der Waals surface area contributed by atoms with Crippen molar-refractivity contribution in [2.45, 2.75) is 31.7 Å². The Morgan fingerprint density at radius 3 is 2.76 bits per heavy atom. The maximum Gasteiger partial charge on any atom is 0.397 e. The van der Waals surface area contributed by atoms with Gasteiger partial charge >= 0.3 is 10.4 Å². The Morgan fingerprint density at radius 2 is 2.16 bits per heavy atom. The first-order valence-corrected chi connectivity index (χ1v) is 10.1. The standard InChI is InChI=1S/C16H21N3O4S2/c1-2-13(4-3-10-23-25(20,21)22)12-14-5-7-15(8-6-14)18-19-16-17-9-11-24-16/h2,5-9,11,16-17H,3-4,10,12H2,1H3,(H,20,21,22)/b13-2+,19-18?. The van der Waals surface area contributed by atoms with Gasteiger partial charge in [-0.05, 0) is 49.3 Å². The molecule has 0 radical (unpaired) electrons. The second kappa shape index (κ2) is 9.71. The van der Waals surface area contributed by atoms with E-state index in [0.29, 0.717) is 12.8 Å². The Kier molecular flexibility index (Phi) is 7.63. The molecule has 1 aromatic rings. The number of nitrogens with one attached hydrogen (secondary N) is 1. The van der Waals surface area contributed by atoms with E-state index in [0.717, 1.165) is 17.7 Å². The number of hydrogen-bond acceptors (Lipinski definition) is 7. The van der Waals surface area contributed by atoms with Crippen molar-refractivity contribution in [3.05, 3.63) is 53.1 Å². The molecule has 0 bridgehead atoms. The van der Waals surface area contributed by atoms with Crippen LogP contribution in [0, 0.1) is 0 Å². The highest BCUT2D eigenvalue weighted by molar-refractivity contribution is 8.02. The van der Waals surface area contributed by atoms with E-state index in [1.807, 2.05) is 48.9 Å². The SMILES string of the molecule is C/C=C(\CCCOS(=O)(=O)O)Cc1ccc(N=NC2NC=CS2)cc1. The molecule has 0 aromatic heterocycles. The van der Waals surface area contributed by atoms with E-state index in [1.165, 1.54) is 5.57 Å². The van der Waals surface area contributed by atoms with Crippen LogP contribution >= 0.6 is 11.8 Å². The van der Waals surface area contributed by atoms with Gasteiger partial charge in [-0.1, -0.05) is 35.5 Å². The first-order chi connectivity index (χ1) is 12.0. The molecule has 0 fully saturated rings. The highest BCUT2D eigenvalue weighted by Gasteiger charge is 2.07. The molecule has 1 aliphatic heterocycles. The highest BCUT2D eigenvalue weighted by Crippen LogP contribution is 2.21. The molecule has 0 amide bonds. The molecule has 25 heavy (non-hydrogen) atoms. The van der Waals surface area contributed by atoms with Gasteiger partial charge in [-0.15, -0.1) is 0 Å². The van der Waals surface area contributed by atoms with Gasteiger partial charge in [0.1, 0.15) is 0 Å². The molecule has 2 rings (SSSR count). The zero-order valence-corrected chi connectivity index (χ0v) is 15.5. The number of rotatable bonds is 9. The molecule has 0 saturated heterocycles. The summed E-state index contributed by atoms with van der Waals surface area (Å²) >= 11 is 1.56. The van der Waals surface area contributed by atoms with Gasteiger partial charge < -0.3 is 5.32 Å². The highest BCUT2D eigenvalue weighted by atomic mass is 32.3. The minimum atomic E-state index is -4.35. The van der Waals surface area contributed by atoms with Crippen LogP contribution in [0.15, 0.2) is 57.8 Å². The summed E-state index contributed by atoms with van der Waals surface area (Å²) in [4.78, 5) is 0. The first kappa shape index (κ1) is 19.6. The van der Waals surface area contributed by atoms with Crippen molar-refractivity contribution >= 4 is 27.8 Å². The molecule has 1 aliphatic rings. The molecule has 0 spiro atoms. The maximum absolute atomic E-state index is 10.5. The molecular formula is C16H21N3O4S2. The minimum Gasteiger partial charge on any atom is -0.359 e.